The molecule has 2 rings (SSSR count). The number of anilines is 1. The number of piperazine rings is 1. The second-order valence-corrected chi connectivity index (χ2v) is 5.89. The van der Waals surface area contributed by atoms with Gasteiger partial charge in [0.15, 0.2) is 0 Å². The summed E-state index contributed by atoms with van der Waals surface area (Å²) < 4.78 is 5.31. The van der Waals surface area contributed by atoms with Crippen LogP contribution in [0.15, 0.2) is 24.3 Å². The number of hydrogen-bond acceptors (Lipinski definition) is 4. The zero-order valence-electron chi connectivity index (χ0n) is 12.4. The van der Waals surface area contributed by atoms with E-state index in [9.17, 15) is 0 Å². The van der Waals surface area contributed by atoms with Crippen LogP contribution in [0.3, 0.4) is 0 Å². The van der Waals surface area contributed by atoms with Crippen LogP contribution in [0.25, 0.3) is 0 Å². The summed E-state index contributed by atoms with van der Waals surface area (Å²) in [6.07, 6.45) is 0. The van der Waals surface area contributed by atoms with Crippen molar-refractivity contribution in [2.24, 2.45) is 5.73 Å². The summed E-state index contributed by atoms with van der Waals surface area (Å²) in [6.45, 7) is 7.17. The first-order valence-electron chi connectivity index (χ1n) is 6.80. The third-order valence-electron chi connectivity index (χ3n) is 4.20. The average Bonchev–Trinajstić information content (AvgIpc) is 2.41. The van der Waals surface area contributed by atoms with Gasteiger partial charge in [-0.15, -0.1) is 0 Å². The average molecular weight is 263 g/mol. The summed E-state index contributed by atoms with van der Waals surface area (Å²) in [4.78, 5) is 4.80. The van der Waals surface area contributed by atoms with Gasteiger partial charge in [-0.1, -0.05) is 6.07 Å². The van der Waals surface area contributed by atoms with E-state index in [1.54, 1.807) is 7.11 Å². The maximum Gasteiger partial charge on any atom is 0.120 e. The van der Waals surface area contributed by atoms with Crippen molar-refractivity contribution in [2.45, 2.75) is 25.4 Å². The van der Waals surface area contributed by atoms with Crippen molar-refractivity contribution in [3.8, 4) is 5.75 Å². The van der Waals surface area contributed by atoms with Crippen LogP contribution in [-0.4, -0.2) is 50.3 Å². The molecule has 1 aromatic carbocycles. The summed E-state index contributed by atoms with van der Waals surface area (Å²) in [5.41, 5.74) is 7.24. The van der Waals surface area contributed by atoms with E-state index in [-0.39, 0.29) is 5.54 Å². The van der Waals surface area contributed by atoms with Crippen molar-refractivity contribution >= 4 is 5.69 Å². The molecule has 0 radical (unpaired) electrons. The Bertz CT molecular complexity index is 433. The Morgan fingerprint density at radius 1 is 1.42 bits per heavy atom. The van der Waals surface area contributed by atoms with E-state index in [2.05, 4.69) is 42.8 Å². The molecular weight excluding hydrogens is 238 g/mol. The van der Waals surface area contributed by atoms with Crippen molar-refractivity contribution in [2.75, 3.05) is 38.7 Å². The molecule has 4 nitrogen and oxygen atoms in total. The molecule has 1 saturated heterocycles. The van der Waals surface area contributed by atoms with Gasteiger partial charge in [0.05, 0.1) is 7.11 Å². The van der Waals surface area contributed by atoms with Crippen molar-refractivity contribution < 1.29 is 4.74 Å². The number of rotatable bonds is 3. The largest absolute Gasteiger partial charge is 0.497 e. The van der Waals surface area contributed by atoms with Crippen LogP contribution in [0.5, 0.6) is 5.75 Å². The van der Waals surface area contributed by atoms with E-state index in [4.69, 9.17) is 10.5 Å². The van der Waals surface area contributed by atoms with Crippen molar-refractivity contribution in [3.05, 3.63) is 24.3 Å². The number of nitrogens with zero attached hydrogens (tertiary/aromatic N) is 2. The zero-order chi connectivity index (χ0) is 14.0. The van der Waals surface area contributed by atoms with E-state index >= 15 is 0 Å². The number of benzene rings is 1. The standard InChI is InChI=1S/C15H25N3O/c1-15(2)11-18(10-13(9-16)17(15)3)12-6-5-7-14(8-12)19-4/h5-8,13H,9-11,16H2,1-4H3. The number of likely N-dealkylation sites (N-methyl/N-ethyl adjacent to an activating group) is 1. The van der Waals surface area contributed by atoms with Crippen molar-refractivity contribution in [1.82, 2.24) is 4.90 Å². The smallest absolute Gasteiger partial charge is 0.120 e. The first kappa shape index (κ1) is 14.2. The molecule has 1 aromatic rings. The monoisotopic (exact) mass is 263 g/mol. The van der Waals surface area contributed by atoms with Gasteiger partial charge in [-0.3, -0.25) is 4.90 Å². The molecule has 19 heavy (non-hydrogen) atoms. The molecule has 4 heteroatoms. The van der Waals surface area contributed by atoms with Gasteiger partial charge in [-0.05, 0) is 33.0 Å². The summed E-state index contributed by atoms with van der Waals surface area (Å²) in [7, 11) is 3.87. The lowest BCUT2D eigenvalue weighted by Gasteiger charge is -2.50. The minimum Gasteiger partial charge on any atom is -0.497 e. The molecule has 1 atom stereocenters. The minimum atomic E-state index is 0.116. The van der Waals surface area contributed by atoms with Crippen LogP contribution < -0.4 is 15.4 Å². The Hall–Kier alpha value is -1.26. The summed E-state index contributed by atoms with van der Waals surface area (Å²) in [5, 5.41) is 0. The molecule has 2 N–H and O–H groups in total. The lowest BCUT2D eigenvalue weighted by molar-refractivity contribution is 0.0845. The van der Waals surface area contributed by atoms with Crippen molar-refractivity contribution in [1.29, 1.82) is 0 Å². The summed E-state index contributed by atoms with van der Waals surface area (Å²) in [5.74, 6) is 0.901. The van der Waals surface area contributed by atoms with Gasteiger partial charge < -0.3 is 15.4 Å². The molecular formula is C15H25N3O. The molecule has 1 fully saturated rings. The number of hydrogen-bond donors (Lipinski definition) is 1. The fourth-order valence-electron chi connectivity index (χ4n) is 2.75. The molecule has 0 bridgehead atoms. The highest BCUT2D eigenvalue weighted by Gasteiger charge is 2.36. The molecule has 0 amide bonds. The van der Waals surface area contributed by atoms with Crippen LogP contribution in [0.2, 0.25) is 0 Å². The lowest BCUT2D eigenvalue weighted by atomic mass is 9.95. The number of ether oxygens (including phenoxy) is 1. The van der Waals surface area contributed by atoms with Gasteiger partial charge in [0.25, 0.3) is 0 Å². The highest BCUT2D eigenvalue weighted by Crippen LogP contribution is 2.29. The quantitative estimate of drug-likeness (QED) is 0.898. The van der Waals surface area contributed by atoms with Crippen LogP contribution in [-0.2, 0) is 0 Å². The molecule has 1 aliphatic rings. The SMILES string of the molecule is COc1cccc(N2CC(CN)N(C)C(C)(C)C2)c1. The van der Waals surface area contributed by atoms with Crippen LogP contribution in [0, 0.1) is 0 Å². The number of nitrogens with two attached hydrogens (primary N) is 1. The van der Waals surface area contributed by atoms with Crippen LogP contribution in [0.4, 0.5) is 5.69 Å². The van der Waals surface area contributed by atoms with Gasteiger partial charge in [-0.2, -0.15) is 0 Å². The Morgan fingerprint density at radius 3 is 2.79 bits per heavy atom. The Morgan fingerprint density at radius 2 is 2.16 bits per heavy atom. The van der Waals surface area contributed by atoms with E-state index in [1.807, 2.05) is 12.1 Å². The van der Waals surface area contributed by atoms with E-state index in [0.29, 0.717) is 12.6 Å². The van der Waals surface area contributed by atoms with E-state index in [1.165, 1.54) is 5.69 Å². The summed E-state index contributed by atoms with van der Waals surface area (Å²) in [6, 6.07) is 8.63. The molecule has 0 aromatic heterocycles. The molecule has 106 valence electrons. The van der Waals surface area contributed by atoms with Gasteiger partial charge in [0.2, 0.25) is 0 Å². The number of methoxy groups -OCH3 is 1. The van der Waals surface area contributed by atoms with Gasteiger partial charge in [0.1, 0.15) is 5.75 Å². The van der Waals surface area contributed by atoms with Crippen LogP contribution in [0.1, 0.15) is 13.8 Å². The first-order valence-corrected chi connectivity index (χ1v) is 6.80. The Kier molecular flexibility index (Phi) is 4.02. The minimum absolute atomic E-state index is 0.116. The Labute approximate surface area is 116 Å². The summed E-state index contributed by atoms with van der Waals surface area (Å²) >= 11 is 0. The second kappa shape index (κ2) is 5.39. The molecule has 0 aliphatic carbocycles. The maximum absolute atomic E-state index is 5.92. The van der Waals surface area contributed by atoms with E-state index < -0.39 is 0 Å². The Balaban J connectivity index is 2.24. The van der Waals surface area contributed by atoms with E-state index in [0.717, 1.165) is 18.8 Å². The topological polar surface area (TPSA) is 41.7 Å². The van der Waals surface area contributed by atoms with Gasteiger partial charge in [-0.25, -0.2) is 0 Å². The van der Waals surface area contributed by atoms with Gasteiger partial charge >= 0.3 is 0 Å². The van der Waals surface area contributed by atoms with Gasteiger partial charge in [0, 0.05) is 43.0 Å². The second-order valence-electron chi connectivity index (χ2n) is 5.89. The maximum atomic E-state index is 5.92. The predicted molar refractivity (Wildman–Crippen MR) is 79.9 cm³/mol. The van der Waals surface area contributed by atoms with Crippen molar-refractivity contribution in [3.63, 3.8) is 0 Å². The third kappa shape index (κ3) is 2.85. The first-order chi connectivity index (χ1) is 8.97. The lowest BCUT2D eigenvalue weighted by Crippen LogP contribution is -2.64. The fraction of sp³-hybridized carbons (Fsp3) is 0.600. The van der Waals surface area contributed by atoms with Crippen LogP contribution >= 0.6 is 0 Å². The normalized spacial score (nSPS) is 23.4. The fourth-order valence-corrected chi connectivity index (χ4v) is 2.75. The highest BCUT2D eigenvalue weighted by atomic mass is 16.5. The molecule has 0 saturated carbocycles. The molecule has 0 spiro atoms. The zero-order valence-corrected chi connectivity index (χ0v) is 12.4. The molecule has 1 aliphatic heterocycles. The third-order valence-corrected chi connectivity index (χ3v) is 4.20. The predicted octanol–water partition coefficient (Wildman–Crippen LogP) is 1.55. The molecule has 1 unspecified atom stereocenters. The molecule has 1 heterocycles. The highest BCUT2D eigenvalue weighted by molar-refractivity contribution is 5.51.